The quantitative estimate of drug-likeness (QED) is 0.781. The van der Waals surface area contributed by atoms with Crippen molar-refractivity contribution in [3.05, 3.63) is 35.8 Å². The van der Waals surface area contributed by atoms with Gasteiger partial charge in [0.2, 0.25) is 0 Å². The van der Waals surface area contributed by atoms with Crippen LogP contribution in [0.4, 0.5) is 10.1 Å². The van der Waals surface area contributed by atoms with Gasteiger partial charge in [0, 0.05) is 24.7 Å². The normalized spacial score (nSPS) is 17.2. The lowest BCUT2D eigenvalue weighted by Gasteiger charge is -2.34. The second-order valence-corrected chi connectivity index (χ2v) is 6.21. The minimum atomic E-state index is -0.513. The number of ether oxygens (including phenoxy) is 2. The lowest BCUT2D eigenvalue weighted by Crippen LogP contribution is -2.40. The molecule has 7 heteroatoms. The first-order valence-electron chi connectivity index (χ1n) is 8.63. The van der Waals surface area contributed by atoms with Gasteiger partial charge in [-0.05, 0) is 38.0 Å². The molecule has 0 unspecified atom stereocenters. The van der Waals surface area contributed by atoms with Gasteiger partial charge in [-0.1, -0.05) is 0 Å². The number of aromatic nitrogens is 1. The Morgan fingerprint density at radius 2 is 2.19 bits per heavy atom. The van der Waals surface area contributed by atoms with Crippen LogP contribution in [0.5, 0.6) is 0 Å². The van der Waals surface area contributed by atoms with Gasteiger partial charge in [-0.15, -0.1) is 0 Å². The van der Waals surface area contributed by atoms with E-state index in [1.54, 1.807) is 13.0 Å². The van der Waals surface area contributed by atoms with E-state index in [2.05, 4.69) is 4.98 Å². The molecule has 1 saturated heterocycles. The molecule has 0 amide bonds. The Balaban J connectivity index is 2.11. The van der Waals surface area contributed by atoms with Crippen LogP contribution < -0.4 is 4.90 Å². The van der Waals surface area contributed by atoms with Crippen LogP contribution in [0.15, 0.2) is 24.4 Å². The SMILES string of the molecule is CCOC(=O)c1cnc2ccc(F)cc2c1N1CCC[C@H](C(=O)OC)C1. The number of hydrogen-bond acceptors (Lipinski definition) is 6. The summed E-state index contributed by atoms with van der Waals surface area (Å²) < 4.78 is 23.9. The number of fused-ring (bicyclic) bond motifs is 1. The minimum absolute atomic E-state index is 0.226. The van der Waals surface area contributed by atoms with Crippen LogP contribution in [-0.4, -0.2) is 43.7 Å². The molecule has 1 aliphatic rings. The van der Waals surface area contributed by atoms with Gasteiger partial charge in [-0.3, -0.25) is 9.78 Å². The van der Waals surface area contributed by atoms with Gasteiger partial charge >= 0.3 is 11.9 Å². The number of piperidine rings is 1. The maximum absolute atomic E-state index is 13.9. The second-order valence-electron chi connectivity index (χ2n) is 6.21. The van der Waals surface area contributed by atoms with Crippen molar-refractivity contribution in [2.45, 2.75) is 19.8 Å². The number of esters is 2. The monoisotopic (exact) mass is 360 g/mol. The summed E-state index contributed by atoms with van der Waals surface area (Å²) in [5, 5.41) is 0.529. The summed E-state index contributed by atoms with van der Waals surface area (Å²) >= 11 is 0. The Bertz CT molecular complexity index is 840. The number of hydrogen-bond donors (Lipinski definition) is 0. The van der Waals surface area contributed by atoms with Crippen molar-refractivity contribution in [3.63, 3.8) is 0 Å². The first-order valence-corrected chi connectivity index (χ1v) is 8.63. The van der Waals surface area contributed by atoms with Gasteiger partial charge < -0.3 is 14.4 Å². The molecule has 2 aromatic rings. The molecule has 0 bridgehead atoms. The molecule has 3 rings (SSSR count). The highest BCUT2D eigenvalue weighted by Crippen LogP contribution is 2.34. The molecular formula is C19H21FN2O4. The van der Waals surface area contributed by atoms with Gasteiger partial charge in [-0.25, -0.2) is 9.18 Å². The largest absolute Gasteiger partial charge is 0.469 e. The van der Waals surface area contributed by atoms with E-state index in [1.807, 2.05) is 4.90 Å². The summed E-state index contributed by atoms with van der Waals surface area (Å²) in [5.41, 5.74) is 1.41. The molecule has 1 aliphatic heterocycles. The average Bonchev–Trinajstić information content (AvgIpc) is 2.66. The average molecular weight is 360 g/mol. The Hall–Kier alpha value is -2.70. The van der Waals surface area contributed by atoms with Gasteiger partial charge in [0.1, 0.15) is 11.4 Å². The van der Waals surface area contributed by atoms with E-state index in [0.29, 0.717) is 29.7 Å². The van der Waals surface area contributed by atoms with Crippen molar-refractivity contribution < 1.29 is 23.5 Å². The lowest BCUT2D eigenvalue weighted by molar-refractivity contribution is -0.145. The predicted octanol–water partition coefficient (Wildman–Crippen LogP) is 2.94. The van der Waals surface area contributed by atoms with Gasteiger partial charge in [-0.2, -0.15) is 0 Å². The van der Waals surface area contributed by atoms with Gasteiger partial charge in [0.15, 0.2) is 0 Å². The number of methoxy groups -OCH3 is 1. The highest BCUT2D eigenvalue weighted by Gasteiger charge is 2.30. The molecule has 0 saturated carbocycles. The fourth-order valence-electron chi connectivity index (χ4n) is 3.39. The van der Waals surface area contributed by atoms with E-state index >= 15 is 0 Å². The molecule has 1 atom stereocenters. The third kappa shape index (κ3) is 3.47. The van der Waals surface area contributed by atoms with E-state index in [0.717, 1.165) is 12.8 Å². The summed E-state index contributed by atoms with van der Waals surface area (Å²) in [5.74, 6) is -1.50. The first kappa shape index (κ1) is 18.1. The van der Waals surface area contributed by atoms with Crippen molar-refractivity contribution in [3.8, 4) is 0 Å². The van der Waals surface area contributed by atoms with Crippen LogP contribution in [0, 0.1) is 11.7 Å². The van der Waals surface area contributed by atoms with Crippen molar-refractivity contribution >= 4 is 28.5 Å². The summed E-state index contributed by atoms with van der Waals surface area (Å²) in [4.78, 5) is 30.6. The highest BCUT2D eigenvalue weighted by molar-refractivity contribution is 6.05. The zero-order chi connectivity index (χ0) is 18.7. The van der Waals surface area contributed by atoms with Crippen LogP contribution >= 0.6 is 0 Å². The number of rotatable bonds is 4. The van der Waals surface area contributed by atoms with E-state index in [4.69, 9.17) is 9.47 Å². The third-order valence-corrected chi connectivity index (χ3v) is 4.57. The second kappa shape index (κ2) is 7.68. The molecule has 2 heterocycles. The molecule has 0 aliphatic carbocycles. The molecule has 0 N–H and O–H groups in total. The number of carbonyl (C=O) groups excluding carboxylic acids is 2. The number of nitrogens with zero attached hydrogens (tertiary/aromatic N) is 2. The van der Waals surface area contributed by atoms with Crippen molar-refractivity contribution in [1.82, 2.24) is 4.98 Å². The van der Waals surface area contributed by atoms with Crippen LogP contribution in [0.1, 0.15) is 30.1 Å². The van der Waals surface area contributed by atoms with Gasteiger partial charge in [0.05, 0.1) is 30.8 Å². The number of carbonyl (C=O) groups is 2. The molecule has 1 aromatic carbocycles. The molecule has 6 nitrogen and oxygen atoms in total. The Labute approximate surface area is 150 Å². The van der Waals surface area contributed by atoms with Crippen molar-refractivity contribution in [2.75, 3.05) is 31.7 Å². The number of benzene rings is 1. The molecule has 26 heavy (non-hydrogen) atoms. The van der Waals surface area contributed by atoms with Crippen molar-refractivity contribution in [1.29, 1.82) is 0 Å². The van der Waals surface area contributed by atoms with E-state index in [-0.39, 0.29) is 24.1 Å². The van der Waals surface area contributed by atoms with Crippen molar-refractivity contribution in [2.24, 2.45) is 5.92 Å². The molecule has 1 aromatic heterocycles. The smallest absolute Gasteiger partial charge is 0.341 e. The van der Waals surface area contributed by atoms with E-state index < -0.39 is 11.8 Å². The number of pyridine rings is 1. The first-order chi connectivity index (χ1) is 12.5. The maximum atomic E-state index is 13.9. The number of anilines is 1. The van der Waals surface area contributed by atoms with E-state index in [1.165, 1.54) is 25.4 Å². The third-order valence-electron chi connectivity index (χ3n) is 4.57. The van der Waals surface area contributed by atoms with E-state index in [9.17, 15) is 14.0 Å². The van der Waals surface area contributed by atoms with Gasteiger partial charge in [0.25, 0.3) is 0 Å². The lowest BCUT2D eigenvalue weighted by atomic mass is 9.96. The standard InChI is InChI=1S/C19H21FN2O4/c1-3-26-19(24)15-10-21-16-7-6-13(20)9-14(16)17(15)22-8-4-5-12(11-22)18(23)25-2/h6-7,9-10,12H,3-5,8,11H2,1-2H3/t12-/m0/s1. The summed E-state index contributed by atoms with van der Waals surface area (Å²) in [6.07, 6.45) is 2.94. The minimum Gasteiger partial charge on any atom is -0.469 e. The summed E-state index contributed by atoms with van der Waals surface area (Å²) in [6, 6.07) is 4.27. The molecule has 0 spiro atoms. The van der Waals surface area contributed by atoms with Crippen LogP contribution in [-0.2, 0) is 14.3 Å². The number of halogens is 1. The molecule has 1 fully saturated rings. The van der Waals surface area contributed by atoms with Crippen LogP contribution in [0.3, 0.4) is 0 Å². The summed E-state index contributed by atoms with van der Waals surface area (Å²) in [7, 11) is 1.36. The Morgan fingerprint density at radius 1 is 1.38 bits per heavy atom. The maximum Gasteiger partial charge on any atom is 0.341 e. The Morgan fingerprint density at radius 3 is 2.92 bits per heavy atom. The molecule has 0 radical (unpaired) electrons. The summed E-state index contributed by atoms with van der Waals surface area (Å²) in [6.45, 7) is 2.99. The fourth-order valence-corrected chi connectivity index (χ4v) is 3.39. The fraction of sp³-hybridized carbons (Fsp3) is 0.421. The van der Waals surface area contributed by atoms with Crippen LogP contribution in [0.2, 0.25) is 0 Å². The molecular weight excluding hydrogens is 339 g/mol. The highest BCUT2D eigenvalue weighted by atomic mass is 19.1. The zero-order valence-electron chi connectivity index (χ0n) is 14.8. The Kier molecular flexibility index (Phi) is 5.35. The zero-order valence-corrected chi connectivity index (χ0v) is 14.8. The van der Waals surface area contributed by atoms with Crippen LogP contribution in [0.25, 0.3) is 10.9 Å². The topological polar surface area (TPSA) is 68.7 Å². The predicted molar refractivity (Wildman–Crippen MR) is 94.6 cm³/mol. The molecule has 138 valence electrons.